The van der Waals surface area contributed by atoms with Gasteiger partial charge in [-0.2, -0.15) is 0 Å². The standard InChI is InChI=1S/C26H18N2O3S/c29-24-22(25(30)28-26(32)27-24)14-21-20-11-4-2-7-17(20)12-13-23(21)31-15-18-9-5-8-16-6-1-3-10-19(16)18/h1-14H,15H2,(H2,27,28,29,30,32). The third-order valence-corrected chi connectivity index (χ3v) is 5.63. The maximum absolute atomic E-state index is 12.4. The number of rotatable bonds is 4. The highest BCUT2D eigenvalue weighted by Crippen LogP contribution is 2.32. The number of benzene rings is 4. The van der Waals surface area contributed by atoms with Crippen LogP contribution in [0.5, 0.6) is 5.75 Å². The molecule has 0 atom stereocenters. The highest BCUT2D eigenvalue weighted by molar-refractivity contribution is 7.80. The lowest BCUT2D eigenvalue weighted by molar-refractivity contribution is -0.123. The van der Waals surface area contributed by atoms with Crippen molar-refractivity contribution < 1.29 is 14.3 Å². The maximum Gasteiger partial charge on any atom is 0.263 e. The summed E-state index contributed by atoms with van der Waals surface area (Å²) < 4.78 is 6.24. The number of hydrogen-bond acceptors (Lipinski definition) is 4. The normalized spacial score (nSPS) is 13.8. The molecular formula is C26H18N2O3S. The van der Waals surface area contributed by atoms with E-state index in [4.69, 9.17) is 17.0 Å². The van der Waals surface area contributed by atoms with Crippen molar-refractivity contribution in [3.05, 3.63) is 95.6 Å². The van der Waals surface area contributed by atoms with Crippen LogP contribution in [0, 0.1) is 0 Å². The van der Waals surface area contributed by atoms with Gasteiger partial charge in [0.25, 0.3) is 11.8 Å². The number of thiocarbonyl (C=S) groups is 1. The minimum Gasteiger partial charge on any atom is -0.488 e. The summed E-state index contributed by atoms with van der Waals surface area (Å²) in [4.78, 5) is 24.8. The van der Waals surface area contributed by atoms with Gasteiger partial charge in [0.1, 0.15) is 17.9 Å². The van der Waals surface area contributed by atoms with Crippen molar-refractivity contribution in [2.75, 3.05) is 0 Å². The van der Waals surface area contributed by atoms with E-state index in [1.54, 1.807) is 6.08 Å². The predicted octanol–water partition coefficient (Wildman–Crippen LogP) is 4.49. The Morgan fingerprint density at radius 2 is 1.38 bits per heavy atom. The fourth-order valence-corrected chi connectivity index (χ4v) is 4.06. The molecule has 1 aliphatic rings. The molecule has 0 aromatic heterocycles. The smallest absolute Gasteiger partial charge is 0.263 e. The minimum atomic E-state index is -0.535. The summed E-state index contributed by atoms with van der Waals surface area (Å²) >= 11 is 4.90. The minimum absolute atomic E-state index is 0.00231. The van der Waals surface area contributed by atoms with Gasteiger partial charge < -0.3 is 4.74 Å². The van der Waals surface area contributed by atoms with Crippen molar-refractivity contribution in [3.8, 4) is 5.75 Å². The molecule has 32 heavy (non-hydrogen) atoms. The van der Waals surface area contributed by atoms with Crippen molar-refractivity contribution in [1.29, 1.82) is 0 Å². The molecule has 2 amide bonds. The summed E-state index contributed by atoms with van der Waals surface area (Å²) in [5.74, 6) is -0.490. The largest absolute Gasteiger partial charge is 0.488 e. The molecule has 2 N–H and O–H groups in total. The highest BCUT2D eigenvalue weighted by atomic mass is 32.1. The van der Waals surface area contributed by atoms with E-state index in [1.165, 1.54) is 0 Å². The van der Waals surface area contributed by atoms with Gasteiger partial charge in [0.15, 0.2) is 5.11 Å². The van der Waals surface area contributed by atoms with Crippen molar-refractivity contribution in [2.24, 2.45) is 0 Å². The van der Waals surface area contributed by atoms with E-state index >= 15 is 0 Å². The molecule has 1 aliphatic heterocycles. The highest BCUT2D eigenvalue weighted by Gasteiger charge is 2.26. The van der Waals surface area contributed by atoms with Gasteiger partial charge >= 0.3 is 0 Å². The van der Waals surface area contributed by atoms with Crippen molar-refractivity contribution in [1.82, 2.24) is 10.6 Å². The van der Waals surface area contributed by atoms with Crippen LogP contribution in [-0.4, -0.2) is 16.9 Å². The van der Waals surface area contributed by atoms with Gasteiger partial charge in [0.2, 0.25) is 0 Å². The molecule has 0 saturated carbocycles. The average Bonchev–Trinajstić information content (AvgIpc) is 2.80. The van der Waals surface area contributed by atoms with E-state index in [-0.39, 0.29) is 10.7 Å². The average molecular weight is 439 g/mol. The first-order valence-electron chi connectivity index (χ1n) is 10.1. The Labute approximate surface area is 189 Å². The second-order valence-corrected chi connectivity index (χ2v) is 7.83. The van der Waals surface area contributed by atoms with Gasteiger partial charge in [0.05, 0.1) is 0 Å². The summed E-state index contributed by atoms with van der Waals surface area (Å²) in [5, 5.41) is 9.07. The van der Waals surface area contributed by atoms with Crippen LogP contribution in [0.4, 0.5) is 0 Å². The molecule has 0 unspecified atom stereocenters. The Hall–Kier alpha value is -4.03. The quantitative estimate of drug-likeness (QED) is 0.280. The van der Waals surface area contributed by atoms with Gasteiger partial charge in [-0.1, -0.05) is 72.8 Å². The van der Waals surface area contributed by atoms with Crippen LogP contribution in [-0.2, 0) is 16.2 Å². The van der Waals surface area contributed by atoms with Gasteiger partial charge in [0, 0.05) is 5.56 Å². The van der Waals surface area contributed by atoms with Crippen LogP contribution in [0.25, 0.3) is 27.6 Å². The Kier molecular flexibility index (Phi) is 5.13. The molecule has 5 nitrogen and oxygen atoms in total. The predicted molar refractivity (Wildman–Crippen MR) is 129 cm³/mol. The summed E-state index contributed by atoms with van der Waals surface area (Å²) in [6.07, 6.45) is 1.56. The summed E-state index contributed by atoms with van der Waals surface area (Å²) in [6, 6.07) is 25.8. The zero-order chi connectivity index (χ0) is 22.1. The van der Waals surface area contributed by atoms with Gasteiger partial charge in [-0.15, -0.1) is 0 Å². The van der Waals surface area contributed by atoms with Crippen LogP contribution >= 0.6 is 12.2 Å². The maximum atomic E-state index is 12.4. The van der Waals surface area contributed by atoms with E-state index in [0.717, 1.165) is 27.1 Å². The van der Waals surface area contributed by atoms with Gasteiger partial charge in [-0.05, 0) is 51.5 Å². The number of carbonyl (C=O) groups is 2. The van der Waals surface area contributed by atoms with Crippen LogP contribution in [0.2, 0.25) is 0 Å². The molecule has 0 spiro atoms. The molecular weight excluding hydrogens is 420 g/mol. The second kappa shape index (κ2) is 8.24. The van der Waals surface area contributed by atoms with Gasteiger partial charge in [-0.25, -0.2) is 0 Å². The number of amides is 2. The number of hydrogen-bond donors (Lipinski definition) is 2. The molecule has 6 heteroatoms. The Morgan fingerprint density at radius 3 is 2.12 bits per heavy atom. The lowest BCUT2D eigenvalue weighted by Crippen LogP contribution is -2.51. The molecule has 4 aromatic rings. The first-order valence-corrected chi connectivity index (χ1v) is 10.5. The van der Waals surface area contributed by atoms with Crippen molar-refractivity contribution in [2.45, 2.75) is 6.61 Å². The van der Waals surface area contributed by atoms with E-state index < -0.39 is 11.8 Å². The lowest BCUT2D eigenvalue weighted by Gasteiger charge is -2.18. The second-order valence-electron chi connectivity index (χ2n) is 7.42. The van der Waals surface area contributed by atoms with Crippen molar-refractivity contribution in [3.63, 3.8) is 0 Å². The summed E-state index contributed by atoms with van der Waals surface area (Å²) in [7, 11) is 0. The van der Waals surface area contributed by atoms with E-state index in [9.17, 15) is 9.59 Å². The Bertz CT molecular complexity index is 1410. The topological polar surface area (TPSA) is 67.4 Å². The molecule has 0 aliphatic carbocycles. The SMILES string of the molecule is O=C1NC(=S)NC(=O)C1=Cc1c(OCc2cccc3ccccc23)ccc2ccccc12. The summed E-state index contributed by atoms with van der Waals surface area (Å²) in [5.41, 5.74) is 1.69. The molecule has 5 rings (SSSR count). The monoisotopic (exact) mass is 438 g/mol. The van der Waals surface area contributed by atoms with Gasteiger partial charge in [-0.3, -0.25) is 20.2 Å². The molecule has 0 bridgehead atoms. The molecule has 1 heterocycles. The van der Waals surface area contributed by atoms with Crippen LogP contribution in [0.3, 0.4) is 0 Å². The molecule has 156 valence electrons. The first kappa shape index (κ1) is 19.9. The first-order chi connectivity index (χ1) is 15.6. The van der Waals surface area contributed by atoms with Crippen molar-refractivity contribution >= 4 is 56.8 Å². The van der Waals surface area contributed by atoms with E-state index in [1.807, 2.05) is 60.7 Å². The molecule has 1 fully saturated rings. The number of fused-ring (bicyclic) bond motifs is 2. The van der Waals surface area contributed by atoms with Crippen LogP contribution in [0.15, 0.2) is 84.4 Å². The zero-order valence-corrected chi connectivity index (χ0v) is 17.7. The zero-order valence-electron chi connectivity index (χ0n) is 16.9. The third-order valence-electron chi connectivity index (χ3n) is 5.43. The number of carbonyl (C=O) groups excluding carboxylic acids is 2. The third kappa shape index (κ3) is 3.72. The Morgan fingerprint density at radius 1 is 0.750 bits per heavy atom. The summed E-state index contributed by atoms with van der Waals surface area (Å²) in [6.45, 7) is 0.346. The fraction of sp³-hybridized carbons (Fsp3) is 0.0385. The Balaban J connectivity index is 1.58. The molecule has 4 aromatic carbocycles. The lowest BCUT2D eigenvalue weighted by atomic mass is 10.00. The number of ether oxygens (including phenoxy) is 1. The molecule has 0 radical (unpaired) electrons. The van der Waals surface area contributed by atoms with E-state index in [2.05, 4.69) is 28.8 Å². The number of nitrogens with one attached hydrogen (secondary N) is 2. The van der Waals surface area contributed by atoms with E-state index in [0.29, 0.717) is 17.9 Å². The fourth-order valence-electron chi connectivity index (χ4n) is 3.87. The molecule has 1 saturated heterocycles. The van der Waals surface area contributed by atoms with Crippen LogP contribution in [0.1, 0.15) is 11.1 Å². The van der Waals surface area contributed by atoms with Crippen LogP contribution < -0.4 is 15.4 Å².